The summed E-state index contributed by atoms with van der Waals surface area (Å²) < 4.78 is 13.2. The maximum Gasteiger partial charge on any atom is 0.253 e. The van der Waals surface area contributed by atoms with Crippen LogP contribution in [0.15, 0.2) is 42.5 Å². The van der Waals surface area contributed by atoms with E-state index >= 15 is 0 Å². The number of nitriles is 1. The number of amides is 1. The number of nitrogens with two attached hydrogens (primary N) is 1. The quantitative estimate of drug-likeness (QED) is 0.850. The SMILES string of the molecule is C[C@H](NC(=O)c1cc(F)ccc1N)c1ccc(C#N)cc1. The predicted molar refractivity (Wildman–Crippen MR) is 77.9 cm³/mol. The molecule has 0 fully saturated rings. The maximum absolute atomic E-state index is 13.2. The molecule has 0 saturated carbocycles. The van der Waals surface area contributed by atoms with Gasteiger partial charge in [0.25, 0.3) is 5.91 Å². The van der Waals surface area contributed by atoms with E-state index in [0.717, 1.165) is 11.6 Å². The maximum atomic E-state index is 13.2. The van der Waals surface area contributed by atoms with Crippen molar-refractivity contribution < 1.29 is 9.18 Å². The van der Waals surface area contributed by atoms with E-state index in [0.29, 0.717) is 5.56 Å². The van der Waals surface area contributed by atoms with Gasteiger partial charge in [0.1, 0.15) is 5.82 Å². The zero-order valence-corrected chi connectivity index (χ0v) is 11.4. The summed E-state index contributed by atoms with van der Waals surface area (Å²) in [5, 5.41) is 11.5. The third-order valence-electron chi connectivity index (χ3n) is 3.15. The molecular weight excluding hydrogens is 269 g/mol. The van der Waals surface area contributed by atoms with E-state index in [4.69, 9.17) is 11.0 Å². The van der Waals surface area contributed by atoms with E-state index in [-0.39, 0.29) is 17.3 Å². The molecule has 0 unspecified atom stereocenters. The Morgan fingerprint density at radius 3 is 2.57 bits per heavy atom. The summed E-state index contributed by atoms with van der Waals surface area (Å²) in [6, 6.07) is 12.3. The number of nitrogens with zero attached hydrogens (tertiary/aromatic N) is 1. The van der Waals surface area contributed by atoms with Crippen molar-refractivity contribution in [3.05, 3.63) is 65.0 Å². The van der Waals surface area contributed by atoms with E-state index in [9.17, 15) is 9.18 Å². The summed E-state index contributed by atoms with van der Waals surface area (Å²) >= 11 is 0. The Hall–Kier alpha value is -2.87. The fourth-order valence-electron chi connectivity index (χ4n) is 1.93. The number of benzene rings is 2. The Kier molecular flexibility index (Phi) is 4.19. The number of rotatable bonds is 3. The number of hydrogen-bond acceptors (Lipinski definition) is 3. The summed E-state index contributed by atoms with van der Waals surface area (Å²) in [5.41, 5.74) is 7.40. The van der Waals surface area contributed by atoms with Crippen LogP contribution in [0, 0.1) is 17.1 Å². The van der Waals surface area contributed by atoms with Crippen molar-refractivity contribution in [2.75, 3.05) is 5.73 Å². The van der Waals surface area contributed by atoms with Gasteiger partial charge in [-0.2, -0.15) is 5.26 Å². The van der Waals surface area contributed by atoms with Crippen LogP contribution in [-0.4, -0.2) is 5.91 Å². The summed E-state index contributed by atoms with van der Waals surface area (Å²) in [6.45, 7) is 1.80. The number of nitrogen functional groups attached to an aromatic ring is 1. The lowest BCUT2D eigenvalue weighted by Crippen LogP contribution is -2.27. The summed E-state index contributed by atoms with van der Waals surface area (Å²) in [7, 11) is 0. The van der Waals surface area contributed by atoms with Crippen molar-refractivity contribution in [2.45, 2.75) is 13.0 Å². The van der Waals surface area contributed by atoms with Gasteiger partial charge in [0.2, 0.25) is 0 Å². The van der Waals surface area contributed by atoms with Crippen LogP contribution in [0.5, 0.6) is 0 Å². The van der Waals surface area contributed by atoms with Crippen LogP contribution in [0.4, 0.5) is 10.1 Å². The van der Waals surface area contributed by atoms with E-state index in [1.165, 1.54) is 12.1 Å². The molecule has 0 heterocycles. The van der Waals surface area contributed by atoms with Crippen LogP contribution in [-0.2, 0) is 0 Å². The first-order valence-electron chi connectivity index (χ1n) is 6.37. The molecule has 0 spiro atoms. The molecule has 0 saturated heterocycles. The van der Waals surface area contributed by atoms with Crippen molar-refractivity contribution >= 4 is 11.6 Å². The number of anilines is 1. The zero-order valence-electron chi connectivity index (χ0n) is 11.4. The molecule has 3 N–H and O–H groups in total. The molecule has 2 rings (SSSR count). The second kappa shape index (κ2) is 6.06. The molecular formula is C16H14FN3O. The van der Waals surface area contributed by atoms with E-state index in [1.54, 1.807) is 31.2 Å². The van der Waals surface area contributed by atoms with Gasteiger partial charge >= 0.3 is 0 Å². The molecule has 5 heteroatoms. The smallest absolute Gasteiger partial charge is 0.253 e. The lowest BCUT2D eigenvalue weighted by atomic mass is 10.1. The van der Waals surface area contributed by atoms with Crippen molar-refractivity contribution in [2.24, 2.45) is 0 Å². The van der Waals surface area contributed by atoms with Gasteiger partial charge in [-0.05, 0) is 42.8 Å². The van der Waals surface area contributed by atoms with Gasteiger partial charge in [0.15, 0.2) is 0 Å². The number of nitrogens with one attached hydrogen (secondary N) is 1. The summed E-state index contributed by atoms with van der Waals surface area (Å²) in [4.78, 5) is 12.1. The Morgan fingerprint density at radius 2 is 1.95 bits per heavy atom. The molecule has 4 nitrogen and oxygen atoms in total. The van der Waals surface area contributed by atoms with E-state index < -0.39 is 11.7 Å². The van der Waals surface area contributed by atoms with Gasteiger partial charge in [-0.3, -0.25) is 4.79 Å². The van der Waals surface area contributed by atoms with Crippen molar-refractivity contribution in [3.8, 4) is 6.07 Å². The molecule has 0 aromatic heterocycles. The topological polar surface area (TPSA) is 78.9 Å². The zero-order chi connectivity index (χ0) is 15.4. The fourth-order valence-corrected chi connectivity index (χ4v) is 1.93. The summed E-state index contributed by atoms with van der Waals surface area (Å²) in [6.07, 6.45) is 0. The molecule has 2 aromatic carbocycles. The first-order chi connectivity index (χ1) is 10.0. The minimum Gasteiger partial charge on any atom is -0.398 e. The number of carbonyl (C=O) groups is 1. The van der Waals surface area contributed by atoms with Crippen LogP contribution in [0.1, 0.15) is 34.5 Å². The van der Waals surface area contributed by atoms with Crippen LogP contribution >= 0.6 is 0 Å². The van der Waals surface area contributed by atoms with Gasteiger partial charge in [-0.1, -0.05) is 12.1 Å². The molecule has 0 aliphatic rings. The van der Waals surface area contributed by atoms with E-state index in [1.807, 2.05) is 6.07 Å². The minimum absolute atomic E-state index is 0.107. The van der Waals surface area contributed by atoms with Crippen molar-refractivity contribution in [1.29, 1.82) is 5.26 Å². The highest BCUT2D eigenvalue weighted by Crippen LogP contribution is 2.17. The first-order valence-corrected chi connectivity index (χ1v) is 6.37. The number of carbonyl (C=O) groups excluding carboxylic acids is 1. The Labute approximate surface area is 122 Å². The standard InChI is InChI=1S/C16H14FN3O/c1-10(12-4-2-11(9-18)3-5-12)20-16(21)14-8-13(17)6-7-15(14)19/h2-8,10H,19H2,1H3,(H,20,21)/t10-/m0/s1. The molecule has 106 valence electrons. The summed E-state index contributed by atoms with van der Waals surface area (Å²) in [5.74, 6) is -0.954. The molecule has 0 aliphatic heterocycles. The average Bonchev–Trinajstić information content (AvgIpc) is 2.49. The Balaban J connectivity index is 2.14. The van der Waals surface area contributed by atoms with E-state index in [2.05, 4.69) is 5.32 Å². The highest BCUT2D eigenvalue weighted by atomic mass is 19.1. The largest absolute Gasteiger partial charge is 0.398 e. The molecule has 1 amide bonds. The lowest BCUT2D eigenvalue weighted by molar-refractivity contribution is 0.0940. The molecule has 0 aliphatic carbocycles. The molecule has 2 aromatic rings. The van der Waals surface area contributed by atoms with Crippen LogP contribution < -0.4 is 11.1 Å². The third kappa shape index (κ3) is 3.37. The molecule has 0 radical (unpaired) electrons. The van der Waals surface area contributed by atoms with Gasteiger partial charge in [0.05, 0.1) is 23.2 Å². The first kappa shape index (κ1) is 14.5. The average molecular weight is 283 g/mol. The molecule has 1 atom stereocenters. The number of hydrogen-bond donors (Lipinski definition) is 2. The monoisotopic (exact) mass is 283 g/mol. The highest BCUT2D eigenvalue weighted by Gasteiger charge is 2.14. The Bertz CT molecular complexity index is 704. The molecule has 21 heavy (non-hydrogen) atoms. The van der Waals surface area contributed by atoms with Gasteiger partial charge < -0.3 is 11.1 Å². The highest BCUT2D eigenvalue weighted by molar-refractivity contribution is 5.99. The normalized spacial score (nSPS) is 11.5. The predicted octanol–water partition coefficient (Wildman–Crippen LogP) is 2.77. The second-order valence-electron chi connectivity index (χ2n) is 4.66. The lowest BCUT2D eigenvalue weighted by Gasteiger charge is -2.15. The fraction of sp³-hybridized carbons (Fsp3) is 0.125. The number of halogens is 1. The van der Waals surface area contributed by atoms with Crippen molar-refractivity contribution in [3.63, 3.8) is 0 Å². The van der Waals surface area contributed by atoms with Gasteiger partial charge in [0, 0.05) is 5.69 Å². The van der Waals surface area contributed by atoms with Crippen LogP contribution in [0.3, 0.4) is 0 Å². The van der Waals surface area contributed by atoms with Crippen molar-refractivity contribution in [1.82, 2.24) is 5.32 Å². The van der Waals surface area contributed by atoms with Gasteiger partial charge in [-0.15, -0.1) is 0 Å². The van der Waals surface area contributed by atoms with Crippen LogP contribution in [0.25, 0.3) is 0 Å². The third-order valence-corrected chi connectivity index (χ3v) is 3.15. The molecule has 0 bridgehead atoms. The minimum atomic E-state index is -0.514. The Morgan fingerprint density at radius 1 is 1.29 bits per heavy atom. The second-order valence-corrected chi connectivity index (χ2v) is 4.66. The van der Waals surface area contributed by atoms with Crippen LogP contribution in [0.2, 0.25) is 0 Å². The van der Waals surface area contributed by atoms with Gasteiger partial charge in [-0.25, -0.2) is 4.39 Å².